The minimum atomic E-state index is 1.00. The van der Waals surface area contributed by atoms with Gasteiger partial charge in [0.1, 0.15) is 0 Å². The molecular weight excluding hydrogens is 362 g/mol. The lowest BCUT2D eigenvalue weighted by atomic mass is 9.98. The third-order valence-electron chi connectivity index (χ3n) is 4.85. The number of allylic oxidation sites excluding steroid dienone is 2. The summed E-state index contributed by atoms with van der Waals surface area (Å²) in [6.45, 7) is 8.27. The van der Waals surface area contributed by atoms with Crippen LogP contribution >= 0.6 is 0 Å². The van der Waals surface area contributed by atoms with E-state index in [1.807, 2.05) is 38.1 Å². The molecular formula is C29H29N. The van der Waals surface area contributed by atoms with E-state index in [1.165, 1.54) is 22.3 Å². The van der Waals surface area contributed by atoms with Gasteiger partial charge in [-0.3, -0.25) is 0 Å². The molecule has 0 aliphatic heterocycles. The molecule has 1 aromatic heterocycles. The molecule has 150 valence electrons. The number of nitrogens with zero attached hydrogens (tertiary/aromatic N) is 1. The summed E-state index contributed by atoms with van der Waals surface area (Å²) < 4.78 is 0. The Labute approximate surface area is 180 Å². The Morgan fingerprint density at radius 3 is 1.47 bits per heavy atom. The number of pyridine rings is 1. The van der Waals surface area contributed by atoms with Crippen LogP contribution in [0.3, 0.4) is 0 Å². The van der Waals surface area contributed by atoms with Crippen molar-refractivity contribution in [2.45, 2.75) is 27.7 Å². The van der Waals surface area contributed by atoms with E-state index in [-0.39, 0.29) is 0 Å². The second-order valence-electron chi connectivity index (χ2n) is 7.40. The highest BCUT2D eigenvalue weighted by atomic mass is 14.7. The van der Waals surface area contributed by atoms with Gasteiger partial charge in [-0.05, 0) is 63.1 Å². The molecule has 1 nitrogen and oxygen atoms in total. The van der Waals surface area contributed by atoms with Gasteiger partial charge in [-0.15, -0.1) is 0 Å². The van der Waals surface area contributed by atoms with Crippen molar-refractivity contribution in [3.63, 3.8) is 0 Å². The van der Waals surface area contributed by atoms with Gasteiger partial charge in [0, 0.05) is 11.1 Å². The molecule has 4 rings (SSSR count). The summed E-state index contributed by atoms with van der Waals surface area (Å²) in [5.74, 6) is 0. The maximum atomic E-state index is 4.98. The highest BCUT2D eigenvalue weighted by molar-refractivity contribution is 5.76. The van der Waals surface area contributed by atoms with E-state index in [9.17, 15) is 0 Å². The fraction of sp³-hybridized carbons (Fsp3) is 0.138. The zero-order valence-corrected chi connectivity index (χ0v) is 18.3. The van der Waals surface area contributed by atoms with Crippen LogP contribution in [-0.4, -0.2) is 4.98 Å². The molecule has 1 heterocycles. The molecule has 0 unspecified atom stereocenters. The molecule has 4 aromatic rings. The molecule has 0 aliphatic carbocycles. The Hall–Kier alpha value is -3.45. The minimum absolute atomic E-state index is 1.00. The van der Waals surface area contributed by atoms with E-state index in [0.29, 0.717) is 0 Å². The normalized spacial score (nSPS) is 10.5. The maximum Gasteiger partial charge on any atom is 0.0715 e. The van der Waals surface area contributed by atoms with Crippen LogP contribution in [0.1, 0.15) is 25.0 Å². The van der Waals surface area contributed by atoms with Crippen LogP contribution < -0.4 is 0 Å². The number of aryl methyl sites for hydroxylation is 2. The largest absolute Gasteiger partial charge is 0.248 e. The van der Waals surface area contributed by atoms with Gasteiger partial charge in [-0.25, -0.2) is 4.98 Å². The second kappa shape index (κ2) is 10.4. The standard InChI is InChI=1S/C25H21N.C4H8/c1-18-13-19(2)15-23(14-18)25-17-22(20-9-5-3-6-10-20)16-24(26-25)21-11-7-4-8-12-21;1-3-4-2/h3-17H,1-2H3;3-4H,1-2H3/b;4-3-. The van der Waals surface area contributed by atoms with Gasteiger partial charge in [-0.1, -0.05) is 90.0 Å². The molecule has 0 radical (unpaired) electrons. The summed E-state index contributed by atoms with van der Waals surface area (Å²) in [6.07, 6.45) is 4.00. The number of benzene rings is 3. The minimum Gasteiger partial charge on any atom is -0.248 e. The molecule has 0 N–H and O–H groups in total. The first-order valence-corrected chi connectivity index (χ1v) is 10.4. The highest BCUT2D eigenvalue weighted by Gasteiger charge is 2.09. The summed E-state index contributed by atoms with van der Waals surface area (Å²) in [5.41, 5.74) is 9.22. The van der Waals surface area contributed by atoms with Gasteiger partial charge >= 0.3 is 0 Å². The highest BCUT2D eigenvalue weighted by Crippen LogP contribution is 2.30. The zero-order valence-electron chi connectivity index (χ0n) is 18.3. The third kappa shape index (κ3) is 5.55. The van der Waals surface area contributed by atoms with E-state index in [0.717, 1.165) is 22.5 Å². The van der Waals surface area contributed by atoms with Crippen molar-refractivity contribution in [1.82, 2.24) is 4.98 Å². The molecule has 0 atom stereocenters. The van der Waals surface area contributed by atoms with E-state index in [2.05, 4.69) is 92.7 Å². The fourth-order valence-corrected chi connectivity index (χ4v) is 3.36. The van der Waals surface area contributed by atoms with Gasteiger partial charge in [0.2, 0.25) is 0 Å². The average Bonchev–Trinajstić information content (AvgIpc) is 2.79. The van der Waals surface area contributed by atoms with Crippen LogP contribution in [0.5, 0.6) is 0 Å². The van der Waals surface area contributed by atoms with E-state index < -0.39 is 0 Å². The SMILES string of the molecule is C/C=C\C.Cc1cc(C)cc(-c2cc(-c3ccccc3)cc(-c3ccccc3)n2)c1. The monoisotopic (exact) mass is 391 g/mol. The van der Waals surface area contributed by atoms with Crippen LogP contribution in [-0.2, 0) is 0 Å². The van der Waals surface area contributed by atoms with Gasteiger partial charge in [0.25, 0.3) is 0 Å². The van der Waals surface area contributed by atoms with Crippen LogP contribution in [0, 0.1) is 13.8 Å². The van der Waals surface area contributed by atoms with Crippen LogP contribution in [0.4, 0.5) is 0 Å². The lowest BCUT2D eigenvalue weighted by Gasteiger charge is -2.11. The van der Waals surface area contributed by atoms with Crippen molar-refractivity contribution in [3.8, 4) is 33.6 Å². The second-order valence-corrected chi connectivity index (χ2v) is 7.40. The summed E-state index contributed by atoms with van der Waals surface area (Å²) in [5, 5.41) is 0. The summed E-state index contributed by atoms with van der Waals surface area (Å²) >= 11 is 0. The lowest BCUT2D eigenvalue weighted by molar-refractivity contribution is 1.30. The van der Waals surface area contributed by atoms with Crippen molar-refractivity contribution >= 4 is 0 Å². The van der Waals surface area contributed by atoms with Gasteiger partial charge in [-0.2, -0.15) is 0 Å². The van der Waals surface area contributed by atoms with Gasteiger partial charge in [0.15, 0.2) is 0 Å². The fourth-order valence-electron chi connectivity index (χ4n) is 3.36. The average molecular weight is 392 g/mol. The van der Waals surface area contributed by atoms with Crippen LogP contribution in [0.2, 0.25) is 0 Å². The zero-order chi connectivity index (χ0) is 21.3. The Morgan fingerprint density at radius 1 is 0.500 bits per heavy atom. The Kier molecular flexibility index (Phi) is 7.34. The molecule has 0 saturated heterocycles. The van der Waals surface area contributed by atoms with Crippen molar-refractivity contribution in [3.05, 3.63) is 114 Å². The quantitative estimate of drug-likeness (QED) is 0.320. The molecule has 0 amide bonds. The Balaban J connectivity index is 0.000000589. The van der Waals surface area contributed by atoms with E-state index in [4.69, 9.17) is 4.98 Å². The Bertz CT molecular complexity index is 1030. The Morgan fingerprint density at radius 2 is 0.967 bits per heavy atom. The van der Waals surface area contributed by atoms with Gasteiger partial charge < -0.3 is 0 Å². The number of hydrogen-bond donors (Lipinski definition) is 0. The predicted molar refractivity (Wildman–Crippen MR) is 131 cm³/mol. The summed E-state index contributed by atoms with van der Waals surface area (Å²) in [4.78, 5) is 4.98. The lowest BCUT2D eigenvalue weighted by Crippen LogP contribution is -1.92. The molecule has 1 heteroatoms. The number of hydrogen-bond acceptors (Lipinski definition) is 1. The predicted octanol–water partition coefficient (Wildman–Crippen LogP) is 8.28. The smallest absolute Gasteiger partial charge is 0.0715 e. The molecule has 0 saturated carbocycles. The van der Waals surface area contributed by atoms with Crippen molar-refractivity contribution in [1.29, 1.82) is 0 Å². The van der Waals surface area contributed by atoms with Crippen molar-refractivity contribution in [2.75, 3.05) is 0 Å². The molecule has 0 bridgehead atoms. The molecule has 0 fully saturated rings. The van der Waals surface area contributed by atoms with Crippen molar-refractivity contribution < 1.29 is 0 Å². The maximum absolute atomic E-state index is 4.98. The molecule has 0 spiro atoms. The topological polar surface area (TPSA) is 12.9 Å². The first kappa shape index (κ1) is 21.3. The van der Waals surface area contributed by atoms with Crippen molar-refractivity contribution in [2.24, 2.45) is 0 Å². The number of aromatic nitrogens is 1. The van der Waals surface area contributed by atoms with E-state index >= 15 is 0 Å². The first-order chi connectivity index (χ1) is 14.6. The summed E-state index contributed by atoms with van der Waals surface area (Å²) in [6, 6.07) is 31.9. The van der Waals surface area contributed by atoms with Crippen LogP contribution in [0.25, 0.3) is 33.6 Å². The summed E-state index contributed by atoms with van der Waals surface area (Å²) in [7, 11) is 0. The molecule has 0 aliphatic rings. The van der Waals surface area contributed by atoms with Gasteiger partial charge in [0.05, 0.1) is 11.4 Å². The third-order valence-corrected chi connectivity index (χ3v) is 4.85. The van der Waals surface area contributed by atoms with Crippen LogP contribution in [0.15, 0.2) is 103 Å². The molecule has 30 heavy (non-hydrogen) atoms. The van der Waals surface area contributed by atoms with E-state index in [1.54, 1.807) is 0 Å². The molecule has 3 aromatic carbocycles. The number of rotatable bonds is 3. The first-order valence-electron chi connectivity index (χ1n) is 10.4.